The van der Waals surface area contributed by atoms with Gasteiger partial charge in [0.25, 0.3) is 0 Å². The van der Waals surface area contributed by atoms with Crippen LogP contribution >= 0.6 is 0 Å². The van der Waals surface area contributed by atoms with Gasteiger partial charge in [0.05, 0.1) is 6.04 Å². The van der Waals surface area contributed by atoms with E-state index >= 15 is 0 Å². The summed E-state index contributed by atoms with van der Waals surface area (Å²) in [7, 11) is 0. The van der Waals surface area contributed by atoms with Crippen LogP contribution in [0.15, 0.2) is 24.5 Å². The van der Waals surface area contributed by atoms with E-state index in [1.54, 1.807) is 0 Å². The maximum absolute atomic E-state index is 12.5. The Morgan fingerprint density at radius 3 is 2.90 bits per heavy atom. The normalized spacial score (nSPS) is 18.2. The summed E-state index contributed by atoms with van der Waals surface area (Å²) in [5.74, 6) is 0.0722. The van der Waals surface area contributed by atoms with Gasteiger partial charge in [0.15, 0.2) is 0 Å². The largest absolute Gasteiger partial charge is 0.334 e. The Morgan fingerprint density at radius 1 is 1.33 bits per heavy atom. The molecular weight excluding hydrogens is 266 g/mol. The minimum atomic E-state index is 0.0722. The van der Waals surface area contributed by atoms with Crippen molar-refractivity contribution in [1.29, 1.82) is 0 Å². The lowest BCUT2D eigenvalue weighted by molar-refractivity contribution is -0.133. The lowest BCUT2D eigenvalue weighted by atomic mass is 9.99. The third-order valence-electron chi connectivity index (χ3n) is 4.18. The van der Waals surface area contributed by atoms with Gasteiger partial charge in [0.1, 0.15) is 12.9 Å². The van der Waals surface area contributed by atoms with Crippen molar-refractivity contribution in [2.75, 3.05) is 6.54 Å². The van der Waals surface area contributed by atoms with Gasteiger partial charge < -0.3 is 4.90 Å². The molecule has 0 saturated carbocycles. The quantitative estimate of drug-likeness (QED) is 0.860. The van der Waals surface area contributed by atoms with Gasteiger partial charge in [-0.2, -0.15) is 0 Å². The van der Waals surface area contributed by atoms with Gasteiger partial charge in [0.2, 0.25) is 5.91 Å². The smallest absolute Gasteiger partial charge is 0.244 e. The van der Waals surface area contributed by atoms with Crippen LogP contribution in [0.5, 0.6) is 0 Å². The first-order valence-corrected chi connectivity index (χ1v) is 7.22. The van der Waals surface area contributed by atoms with Gasteiger partial charge >= 0.3 is 0 Å². The number of hydrogen-bond donors (Lipinski definition) is 0. The number of rotatable bonds is 3. The molecule has 1 amide bonds. The Morgan fingerprint density at radius 2 is 2.19 bits per heavy atom. The van der Waals surface area contributed by atoms with Gasteiger partial charge in [-0.3, -0.25) is 4.79 Å². The van der Waals surface area contributed by atoms with E-state index in [4.69, 9.17) is 0 Å². The number of benzene rings is 1. The van der Waals surface area contributed by atoms with Crippen molar-refractivity contribution >= 4 is 5.91 Å². The van der Waals surface area contributed by atoms with Crippen LogP contribution in [0.25, 0.3) is 0 Å². The van der Waals surface area contributed by atoms with E-state index in [0.29, 0.717) is 0 Å². The number of carbonyl (C=O) groups is 1. The summed E-state index contributed by atoms with van der Waals surface area (Å²) in [4.78, 5) is 14.4. The fourth-order valence-corrected chi connectivity index (χ4v) is 2.87. The van der Waals surface area contributed by atoms with E-state index in [1.165, 1.54) is 27.7 Å². The molecular formula is C15H19N5O. The first kappa shape index (κ1) is 13.7. The van der Waals surface area contributed by atoms with E-state index in [-0.39, 0.29) is 18.5 Å². The molecule has 1 aliphatic rings. The Balaban J connectivity index is 1.78. The van der Waals surface area contributed by atoms with Crippen molar-refractivity contribution in [1.82, 2.24) is 25.1 Å². The number of tetrazole rings is 1. The average molecular weight is 285 g/mol. The molecule has 1 aliphatic heterocycles. The van der Waals surface area contributed by atoms with E-state index in [2.05, 4.69) is 47.6 Å². The number of amides is 1. The van der Waals surface area contributed by atoms with Crippen molar-refractivity contribution in [2.45, 2.75) is 39.3 Å². The third kappa shape index (κ3) is 2.79. The molecule has 0 aliphatic carbocycles. The lowest BCUT2D eigenvalue weighted by Gasteiger charge is -2.25. The van der Waals surface area contributed by atoms with Crippen LogP contribution < -0.4 is 0 Å². The lowest BCUT2D eigenvalue weighted by Crippen LogP contribution is -2.33. The summed E-state index contributed by atoms with van der Waals surface area (Å²) >= 11 is 0. The van der Waals surface area contributed by atoms with Gasteiger partial charge in [-0.15, -0.1) is 5.10 Å². The topological polar surface area (TPSA) is 63.9 Å². The summed E-state index contributed by atoms with van der Waals surface area (Å²) in [6.07, 6.45) is 3.53. The highest BCUT2D eigenvalue weighted by Gasteiger charge is 2.30. The molecule has 6 heteroatoms. The van der Waals surface area contributed by atoms with Crippen LogP contribution in [0.3, 0.4) is 0 Å². The number of hydrogen-bond acceptors (Lipinski definition) is 4. The van der Waals surface area contributed by atoms with E-state index in [9.17, 15) is 4.79 Å². The Hall–Kier alpha value is -2.24. The minimum absolute atomic E-state index is 0.0722. The molecule has 3 rings (SSSR count). The van der Waals surface area contributed by atoms with E-state index < -0.39 is 0 Å². The monoisotopic (exact) mass is 285 g/mol. The van der Waals surface area contributed by atoms with Crippen LogP contribution in [-0.4, -0.2) is 37.6 Å². The van der Waals surface area contributed by atoms with Gasteiger partial charge in [-0.05, 0) is 53.8 Å². The third-order valence-corrected chi connectivity index (χ3v) is 4.18. The highest BCUT2D eigenvalue weighted by Crippen LogP contribution is 2.32. The predicted octanol–water partition coefficient (Wildman–Crippen LogP) is 1.65. The standard InChI is InChI=1S/C15H19N5O/c1-11-5-6-13(8-12(11)2)14-4-3-7-20(14)15(21)9-19-10-16-17-18-19/h5-6,8,10,14H,3-4,7,9H2,1-2H3/t14-/m0/s1. The highest BCUT2D eigenvalue weighted by atomic mass is 16.2. The second-order valence-electron chi connectivity index (χ2n) is 5.60. The Bertz CT molecular complexity index is 638. The van der Waals surface area contributed by atoms with Crippen LogP contribution in [0.2, 0.25) is 0 Å². The summed E-state index contributed by atoms with van der Waals surface area (Å²) in [5, 5.41) is 10.9. The molecule has 21 heavy (non-hydrogen) atoms. The molecule has 0 bridgehead atoms. The zero-order valence-electron chi connectivity index (χ0n) is 12.4. The molecule has 1 fully saturated rings. The molecule has 0 N–H and O–H groups in total. The first-order chi connectivity index (χ1) is 10.1. The molecule has 0 spiro atoms. The van der Waals surface area contributed by atoms with Crippen molar-refractivity contribution < 1.29 is 4.79 Å². The highest BCUT2D eigenvalue weighted by molar-refractivity contribution is 5.76. The molecule has 1 aromatic carbocycles. The van der Waals surface area contributed by atoms with Crippen LogP contribution in [0.4, 0.5) is 0 Å². The maximum atomic E-state index is 12.5. The van der Waals surface area contributed by atoms with Crippen molar-refractivity contribution in [2.24, 2.45) is 0 Å². The van der Waals surface area contributed by atoms with Gasteiger partial charge in [-0.25, -0.2) is 4.68 Å². The second kappa shape index (κ2) is 5.63. The number of likely N-dealkylation sites (tertiary alicyclic amines) is 1. The van der Waals surface area contributed by atoms with Crippen LogP contribution in [0.1, 0.15) is 35.6 Å². The molecule has 2 aromatic rings. The zero-order valence-corrected chi connectivity index (χ0v) is 12.4. The SMILES string of the molecule is Cc1ccc([C@@H]2CCCN2C(=O)Cn2cnnn2)cc1C. The molecule has 110 valence electrons. The van der Waals surface area contributed by atoms with Gasteiger partial charge in [-0.1, -0.05) is 18.2 Å². The molecule has 6 nitrogen and oxygen atoms in total. The summed E-state index contributed by atoms with van der Waals surface area (Å²) < 4.78 is 1.47. The number of aromatic nitrogens is 4. The average Bonchev–Trinajstić information content (AvgIpc) is 3.12. The number of carbonyl (C=O) groups excluding carboxylic acids is 1. The Kier molecular flexibility index (Phi) is 3.68. The van der Waals surface area contributed by atoms with Gasteiger partial charge in [0, 0.05) is 6.54 Å². The van der Waals surface area contributed by atoms with Crippen molar-refractivity contribution in [3.63, 3.8) is 0 Å². The fourth-order valence-electron chi connectivity index (χ4n) is 2.87. The molecule has 1 saturated heterocycles. The minimum Gasteiger partial charge on any atom is -0.334 e. The summed E-state index contributed by atoms with van der Waals surface area (Å²) in [6, 6.07) is 6.64. The fraction of sp³-hybridized carbons (Fsp3) is 0.467. The first-order valence-electron chi connectivity index (χ1n) is 7.22. The molecule has 0 unspecified atom stereocenters. The summed E-state index contributed by atoms with van der Waals surface area (Å²) in [6.45, 7) is 5.22. The molecule has 1 atom stereocenters. The van der Waals surface area contributed by atoms with Crippen LogP contribution in [-0.2, 0) is 11.3 Å². The predicted molar refractivity (Wildman–Crippen MR) is 77.4 cm³/mol. The second-order valence-corrected chi connectivity index (χ2v) is 5.60. The van der Waals surface area contributed by atoms with Crippen molar-refractivity contribution in [3.05, 3.63) is 41.2 Å². The van der Waals surface area contributed by atoms with E-state index in [0.717, 1.165) is 19.4 Å². The molecule has 2 heterocycles. The Labute approximate surface area is 123 Å². The van der Waals surface area contributed by atoms with Crippen molar-refractivity contribution in [3.8, 4) is 0 Å². The molecule has 1 aromatic heterocycles. The number of nitrogens with zero attached hydrogens (tertiary/aromatic N) is 5. The van der Waals surface area contributed by atoms with Crippen LogP contribution in [0, 0.1) is 13.8 Å². The zero-order chi connectivity index (χ0) is 14.8. The van der Waals surface area contributed by atoms with E-state index in [1.807, 2.05) is 4.90 Å². The maximum Gasteiger partial charge on any atom is 0.244 e. The summed E-state index contributed by atoms with van der Waals surface area (Å²) in [5.41, 5.74) is 3.77. The molecule has 0 radical (unpaired) electrons. The number of aryl methyl sites for hydroxylation is 2.